The van der Waals surface area contributed by atoms with E-state index in [4.69, 9.17) is 9.84 Å². The number of aromatic carboxylic acids is 1. The summed E-state index contributed by atoms with van der Waals surface area (Å²) < 4.78 is 5.01. The predicted molar refractivity (Wildman–Crippen MR) is 76.8 cm³/mol. The summed E-state index contributed by atoms with van der Waals surface area (Å²) in [6, 6.07) is 9.17. The minimum Gasteiger partial charge on any atom is -0.497 e. The number of hydrogen-bond donors (Lipinski definition) is 3. The average Bonchev–Trinajstić information content (AvgIpc) is 2.48. The Morgan fingerprint density at radius 1 is 1.14 bits per heavy atom. The number of methoxy groups -OCH3 is 1. The maximum Gasteiger partial charge on any atom is 0.356 e. The van der Waals surface area contributed by atoms with E-state index in [2.05, 4.69) is 15.6 Å². The van der Waals surface area contributed by atoms with Gasteiger partial charge in [-0.15, -0.1) is 0 Å². The summed E-state index contributed by atoms with van der Waals surface area (Å²) >= 11 is 0. The molecule has 108 valence electrons. The number of nitrogens with one attached hydrogen (secondary N) is 2. The van der Waals surface area contributed by atoms with Crippen molar-refractivity contribution < 1.29 is 19.4 Å². The highest BCUT2D eigenvalue weighted by atomic mass is 16.5. The number of anilines is 2. The number of aromatic nitrogens is 1. The molecule has 2 aromatic rings. The molecule has 7 nitrogen and oxygen atoms in total. The molecule has 0 saturated heterocycles. The molecular weight excluding hydrogens is 274 g/mol. The van der Waals surface area contributed by atoms with Crippen LogP contribution in [0.3, 0.4) is 0 Å². The summed E-state index contributed by atoms with van der Waals surface area (Å²) in [6.45, 7) is 0. The molecule has 0 unspecified atom stereocenters. The Morgan fingerprint density at radius 2 is 1.86 bits per heavy atom. The minimum atomic E-state index is -1.21. The van der Waals surface area contributed by atoms with E-state index in [0.717, 1.165) is 0 Å². The monoisotopic (exact) mass is 287 g/mol. The fourth-order valence-electron chi connectivity index (χ4n) is 1.64. The fraction of sp³-hybridized carbons (Fsp3) is 0.0714. The van der Waals surface area contributed by atoms with Gasteiger partial charge < -0.3 is 20.5 Å². The van der Waals surface area contributed by atoms with Gasteiger partial charge in [0.25, 0.3) is 0 Å². The van der Waals surface area contributed by atoms with E-state index < -0.39 is 12.0 Å². The van der Waals surface area contributed by atoms with Gasteiger partial charge >= 0.3 is 12.0 Å². The van der Waals surface area contributed by atoms with Gasteiger partial charge in [-0.1, -0.05) is 0 Å². The van der Waals surface area contributed by atoms with Gasteiger partial charge in [0.05, 0.1) is 12.8 Å². The molecular formula is C14H13N3O4. The van der Waals surface area contributed by atoms with Gasteiger partial charge in [0, 0.05) is 11.9 Å². The number of pyridine rings is 1. The minimum absolute atomic E-state index is 0.121. The van der Waals surface area contributed by atoms with Crippen molar-refractivity contribution in [1.29, 1.82) is 0 Å². The van der Waals surface area contributed by atoms with Crippen LogP contribution in [0.5, 0.6) is 5.75 Å². The topological polar surface area (TPSA) is 101 Å². The van der Waals surface area contributed by atoms with Crippen molar-refractivity contribution in [3.63, 3.8) is 0 Å². The number of carboxylic acids is 1. The van der Waals surface area contributed by atoms with Gasteiger partial charge in [-0.25, -0.2) is 14.6 Å². The molecule has 2 amide bonds. The lowest BCUT2D eigenvalue weighted by Gasteiger charge is -2.09. The van der Waals surface area contributed by atoms with Crippen molar-refractivity contribution in [3.8, 4) is 5.75 Å². The van der Waals surface area contributed by atoms with Gasteiger partial charge in [-0.3, -0.25) is 0 Å². The van der Waals surface area contributed by atoms with Gasteiger partial charge in [-0.05, 0) is 36.4 Å². The van der Waals surface area contributed by atoms with Crippen LogP contribution in [0.25, 0.3) is 0 Å². The number of amides is 2. The zero-order valence-corrected chi connectivity index (χ0v) is 11.2. The van der Waals surface area contributed by atoms with E-state index in [1.165, 1.54) is 18.3 Å². The highest BCUT2D eigenvalue weighted by Gasteiger charge is 2.13. The summed E-state index contributed by atoms with van der Waals surface area (Å²) in [6.07, 6.45) is 1.34. The van der Waals surface area contributed by atoms with Crippen LogP contribution in [-0.2, 0) is 0 Å². The molecule has 0 aliphatic carbocycles. The average molecular weight is 287 g/mol. The number of carbonyl (C=O) groups is 2. The third kappa shape index (κ3) is 3.69. The van der Waals surface area contributed by atoms with Crippen LogP contribution < -0.4 is 15.4 Å². The fourth-order valence-corrected chi connectivity index (χ4v) is 1.64. The molecule has 1 aromatic carbocycles. The summed E-state index contributed by atoms with van der Waals surface area (Å²) in [7, 11) is 1.55. The molecule has 0 radical (unpaired) electrons. The molecule has 0 bridgehead atoms. The van der Waals surface area contributed by atoms with Gasteiger partial charge in [0.2, 0.25) is 0 Å². The molecule has 0 atom stereocenters. The van der Waals surface area contributed by atoms with Crippen LogP contribution in [0.15, 0.2) is 42.6 Å². The number of benzene rings is 1. The lowest BCUT2D eigenvalue weighted by molar-refractivity contribution is 0.0691. The molecule has 0 spiro atoms. The van der Waals surface area contributed by atoms with Crippen molar-refractivity contribution in [1.82, 2.24) is 4.98 Å². The lowest BCUT2D eigenvalue weighted by Crippen LogP contribution is -2.21. The number of carbonyl (C=O) groups excluding carboxylic acids is 1. The normalized spacial score (nSPS) is 9.76. The number of hydrogen-bond acceptors (Lipinski definition) is 4. The lowest BCUT2D eigenvalue weighted by atomic mass is 10.3. The summed E-state index contributed by atoms with van der Waals surface area (Å²) in [5.74, 6) is -0.545. The molecule has 21 heavy (non-hydrogen) atoms. The standard InChI is InChI=1S/C14H13N3O4/c1-21-10-6-4-9(5-7-10)16-14(20)17-11-3-2-8-15-12(11)13(18)19/h2-8H,1H3,(H,18,19)(H2,16,17,20). The first-order chi connectivity index (χ1) is 10.1. The highest BCUT2D eigenvalue weighted by Crippen LogP contribution is 2.16. The Hall–Kier alpha value is -3.09. The number of carboxylic acid groups (broad SMARTS) is 1. The number of ether oxygens (including phenoxy) is 1. The largest absolute Gasteiger partial charge is 0.497 e. The molecule has 2 rings (SSSR count). The van der Waals surface area contributed by atoms with Crippen LogP contribution in [-0.4, -0.2) is 29.2 Å². The smallest absolute Gasteiger partial charge is 0.356 e. The van der Waals surface area contributed by atoms with Crippen LogP contribution in [0.4, 0.5) is 16.2 Å². The van der Waals surface area contributed by atoms with Gasteiger partial charge in [-0.2, -0.15) is 0 Å². The first-order valence-corrected chi connectivity index (χ1v) is 6.00. The van der Waals surface area contributed by atoms with E-state index >= 15 is 0 Å². The summed E-state index contributed by atoms with van der Waals surface area (Å²) in [4.78, 5) is 26.5. The molecule has 1 aromatic heterocycles. The van der Waals surface area contributed by atoms with Crippen molar-refractivity contribution in [2.75, 3.05) is 17.7 Å². The second-order valence-corrected chi connectivity index (χ2v) is 4.01. The Balaban J connectivity index is 2.06. The first kappa shape index (κ1) is 14.3. The van der Waals surface area contributed by atoms with Crippen LogP contribution >= 0.6 is 0 Å². The maximum absolute atomic E-state index is 11.8. The number of urea groups is 1. The third-order valence-corrected chi connectivity index (χ3v) is 2.61. The molecule has 7 heteroatoms. The summed E-state index contributed by atoms with van der Waals surface area (Å²) in [5, 5.41) is 14.0. The van der Waals surface area contributed by atoms with Crippen LogP contribution in [0, 0.1) is 0 Å². The molecule has 0 aliphatic heterocycles. The van der Waals surface area contributed by atoms with E-state index in [-0.39, 0.29) is 11.4 Å². The number of nitrogens with zero attached hydrogens (tertiary/aromatic N) is 1. The van der Waals surface area contributed by atoms with Crippen molar-refractivity contribution in [3.05, 3.63) is 48.3 Å². The Morgan fingerprint density at radius 3 is 2.48 bits per heavy atom. The third-order valence-electron chi connectivity index (χ3n) is 2.61. The van der Waals surface area contributed by atoms with E-state index in [0.29, 0.717) is 11.4 Å². The Bertz CT molecular complexity index is 656. The van der Waals surface area contributed by atoms with E-state index in [1.807, 2.05) is 0 Å². The van der Waals surface area contributed by atoms with Crippen molar-refractivity contribution in [2.24, 2.45) is 0 Å². The zero-order chi connectivity index (χ0) is 15.2. The highest BCUT2D eigenvalue weighted by molar-refractivity contribution is 6.03. The SMILES string of the molecule is COc1ccc(NC(=O)Nc2cccnc2C(=O)O)cc1. The second kappa shape index (κ2) is 6.38. The molecule has 0 aliphatic rings. The van der Waals surface area contributed by atoms with E-state index in [1.54, 1.807) is 31.4 Å². The number of rotatable bonds is 4. The van der Waals surface area contributed by atoms with E-state index in [9.17, 15) is 9.59 Å². The first-order valence-electron chi connectivity index (χ1n) is 6.00. The second-order valence-electron chi connectivity index (χ2n) is 4.01. The summed E-state index contributed by atoms with van der Waals surface area (Å²) in [5.41, 5.74) is 0.451. The zero-order valence-electron chi connectivity index (χ0n) is 11.2. The van der Waals surface area contributed by atoms with Crippen molar-refractivity contribution in [2.45, 2.75) is 0 Å². The van der Waals surface area contributed by atoms with Crippen molar-refractivity contribution >= 4 is 23.4 Å². The molecule has 3 N–H and O–H groups in total. The Labute approximate surface area is 120 Å². The Kier molecular flexibility index (Phi) is 4.35. The predicted octanol–water partition coefficient (Wildman–Crippen LogP) is 2.43. The molecule has 0 saturated carbocycles. The van der Waals surface area contributed by atoms with Gasteiger partial charge in [0.15, 0.2) is 5.69 Å². The quantitative estimate of drug-likeness (QED) is 0.801. The molecule has 0 fully saturated rings. The van der Waals surface area contributed by atoms with Crippen LogP contribution in [0.2, 0.25) is 0 Å². The van der Waals surface area contributed by atoms with Gasteiger partial charge in [0.1, 0.15) is 5.75 Å². The van der Waals surface area contributed by atoms with Crippen LogP contribution in [0.1, 0.15) is 10.5 Å². The molecule has 1 heterocycles. The maximum atomic E-state index is 11.8.